The molecule has 0 fully saturated rings. The molecule has 2 aromatic heterocycles. The number of pyridine rings is 2. The van der Waals surface area contributed by atoms with E-state index in [-0.39, 0.29) is 24.3 Å². The van der Waals surface area contributed by atoms with Gasteiger partial charge in [0.15, 0.2) is 0 Å². The second kappa shape index (κ2) is 13.1. The van der Waals surface area contributed by atoms with E-state index in [1.807, 2.05) is 38.1 Å². The van der Waals surface area contributed by atoms with Crippen LogP contribution in [-0.2, 0) is 9.47 Å². The first-order chi connectivity index (χ1) is 18.8. The normalized spacial score (nSPS) is 10.6. The molecular formula is C29H26Cl2N4O4. The highest BCUT2D eigenvalue weighted by Crippen LogP contribution is 2.28. The van der Waals surface area contributed by atoms with Gasteiger partial charge >= 0.3 is 11.9 Å². The van der Waals surface area contributed by atoms with Crippen molar-refractivity contribution in [2.24, 2.45) is 0 Å². The zero-order valence-corrected chi connectivity index (χ0v) is 22.8. The Morgan fingerprint density at radius 3 is 1.56 bits per heavy atom. The van der Waals surface area contributed by atoms with Crippen molar-refractivity contribution in [3.8, 4) is 0 Å². The van der Waals surface area contributed by atoms with E-state index in [4.69, 9.17) is 32.7 Å². The molecule has 10 heteroatoms. The predicted octanol–water partition coefficient (Wildman–Crippen LogP) is 7.29. The van der Waals surface area contributed by atoms with Gasteiger partial charge in [0.05, 0.1) is 13.2 Å². The lowest BCUT2D eigenvalue weighted by Crippen LogP contribution is -2.14. The zero-order chi connectivity index (χ0) is 27.8. The Morgan fingerprint density at radius 1 is 0.692 bits per heavy atom. The number of aromatic nitrogens is 2. The number of hydrogen-bond acceptors (Lipinski definition) is 8. The van der Waals surface area contributed by atoms with Crippen molar-refractivity contribution >= 4 is 58.2 Å². The van der Waals surface area contributed by atoms with E-state index in [1.54, 1.807) is 48.8 Å². The molecular weight excluding hydrogens is 539 g/mol. The second-order valence-electron chi connectivity index (χ2n) is 8.50. The molecule has 0 unspecified atom stereocenters. The summed E-state index contributed by atoms with van der Waals surface area (Å²) >= 11 is 12.4. The number of nitrogens with one attached hydrogen (secondary N) is 2. The van der Waals surface area contributed by atoms with Crippen LogP contribution in [0.3, 0.4) is 0 Å². The molecule has 0 bridgehead atoms. The van der Waals surface area contributed by atoms with Crippen molar-refractivity contribution in [3.05, 3.63) is 105 Å². The van der Waals surface area contributed by atoms with Gasteiger partial charge in [0.1, 0.15) is 22.8 Å². The minimum absolute atomic E-state index is 0.0521. The maximum atomic E-state index is 12.7. The minimum atomic E-state index is -0.549. The fourth-order valence-corrected chi connectivity index (χ4v) is 3.97. The van der Waals surface area contributed by atoms with Crippen molar-refractivity contribution in [2.75, 3.05) is 23.8 Å². The molecule has 8 nitrogen and oxygen atoms in total. The van der Waals surface area contributed by atoms with Gasteiger partial charge in [-0.05, 0) is 73.5 Å². The summed E-state index contributed by atoms with van der Waals surface area (Å²) in [5, 5.41) is 7.48. The van der Waals surface area contributed by atoms with Crippen LogP contribution in [0.25, 0.3) is 0 Å². The molecule has 2 heterocycles. The summed E-state index contributed by atoms with van der Waals surface area (Å²) in [6, 6.07) is 17.4. The number of anilines is 4. The van der Waals surface area contributed by atoms with Crippen LogP contribution in [0.2, 0.25) is 10.0 Å². The Hall–Kier alpha value is -4.14. The van der Waals surface area contributed by atoms with Crippen LogP contribution in [0.15, 0.2) is 73.1 Å². The zero-order valence-electron chi connectivity index (χ0n) is 21.3. The summed E-state index contributed by atoms with van der Waals surface area (Å²) in [5.74, 6) is -0.392. The van der Waals surface area contributed by atoms with Crippen molar-refractivity contribution in [2.45, 2.75) is 20.3 Å². The summed E-state index contributed by atoms with van der Waals surface area (Å²) < 4.78 is 10.8. The third-order valence-electron chi connectivity index (χ3n) is 5.85. The number of halogens is 2. The van der Waals surface area contributed by atoms with E-state index in [2.05, 4.69) is 20.6 Å². The van der Waals surface area contributed by atoms with Crippen LogP contribution in [0.5, 0.6) is 0 Å². The Labute approximate surface area is 236 Å². The first kappa shape index (κ1) is 27.9. The van der Waals surface area contributed by atoms with Gasteiger partial charge in [-0.1, -0.05) is 35.3 Å². The standard InChI is InChI=1S/C29H26Cl2N4O4/c1-18-22(30)10-3-12-24(18)34-26-20(8-5-14-32-26)28(36)38-16-7-17-39-29(37)21-9-6-15-33-27(21)35-25-13-4-11-23(31)19(25)2/h3-6,8-15H,7,16-17H2,1-2H3,(H,32,34)(H,33,35). The topological polar surface area (TPSA) is 102 Å². The summed E-state index contributed by atoms with van der Waals surface area (Å²) in [6.45, 7) is 3.85. The van der Waals surface area contributed by atoms with Gasteiger partial charge in [-0.15, -0.1) is 0 Å². The van der Waals surface area contributed by atoms with Crippen LogP contribution < -0.4 is 10.6 Å². The number of hydrogen-bond donors (Lipinski definition) is 2. The molecule has 0 spiro atoms. The Balaban J connectivity index is 1.30. The number of esters is 2. The second-order valence-corrected chi connectivity index (χ2v) is 9.31. The first-order valence-corrected chi connectivity index (χ1v) is 12.9. The average Bonchev–Trinajstić information content (AvgIpc) is 2.94. The van der Waals surface area contributed by atoms with Crippen molar-refractivity contribution in [3.63, 3.8) is 0 Å². The Kier molecular flexibility index (Phi) is 9.35. The van der Waals surface area contributed by atoms with E-state index in [1.165, 1.54) is 0 Å². The van der Waals surface area contributed by atoms with Crippen LogP contribution in [0, 0.1) is 13.8 Å². The number of ether oxygens (including phenoxy) is 2. The Morgan fingerprint density at radius 2 is 1.13 bits per heavy atom. The number of nitrogens with zero attached hydrogens (tertiary/aromatic N) is 2. The van der Waals surface area contributed by atoms with E-state index in [0.717, 1.165) is 22.5 Å². The number of benzene rings is 2. The molecule has 0 saturated heterocycles. The third-order valence-corrected chi connectivity index (χ3v) is 6.67. The molecule has 200 valence electrons. The molecule has 0 aliphatic heterocycles. The molecule has 0 aliphatic carbocycles. The van der Waals surface area contributed by atoms with E-state index >= 15 is 0 Å². The van der Waals surface area contributed by atoms with E-state index < -0.39 is 11.9 Å². The highest BCUT2D eigenvalue weighted by molar-refractivity contribution is 6.32. The van der Waals surface area contributed by atoms with Gasteiger partial charge in [-0.2, -0.15) is 0 Å². The van der Waals surface area contributed by atoms with Gasteiger partial charge in [0, 0.05) is 40.2 Å². The molecule has 4 rings (SSSR count). The number of carbonyl (C=O) groups is 2. The highest BCUT2D eigenvalue weighted by atomic mass is 35.5. The van der Waals surface area contributed by atoms with Gasteiger partial charge in [0.25, 0.3) is 0 Å². The fourth-order valence-electron chi connectivity index (χ4n) is 3.62. The lowest BCUT2D eigenvalue weighted by Gasteiger charge is -2.14. The van der Waals surface area contributed by atoms with Gasteiger partial charge in [0.2, 0.25) is 0 Å². The summed E-state index contributed by atoms with van der Waals surface area (Å²) in [4.78, 5) is 34.0. The minimum Gasteiger partial charge on any atom is -0.462 e. The van der Waals surface area contributed by atoms with Crippen LogP contribution in [-0.4, -0.2) is 35.1 Å². The Bertz CT molecular complexity index is 1390. The third kappa shape index (κ3) is 7.04. The summed E-state index contributed by atoms with van der Waals surface area (Å²) in [6.07, 6.45) is 3.46. The van der Waals surface area contributed by atoms with Crippen molar-refractivity contribution < 1.29 is 19.1 Å². The molecule has 2 N–H and O–H groups in total. The summed E-state index contributed by atoms with van der Waals surface area (Å²) in [7, 11) is 0. The molecule has 0 amide bonds. The molecule has 2 aromatic carbocycles. The number of rotatable bonds is 10. The van der Waals surface area contributed by atoms with Crippen molar-refractivity contribution in [1.82, 2.24) is 9.97 Å². The maximum Gasteiger partial charge on any atom is 0.341 e. The molecule has 0 atom stereocenters. The first-order valence-electron chi connectivity index (χ1n) is 12.1. The van der Waals surface area contributed by atoms with Crippen LogP contribution in [0.1, 0.15) is 38.3 Å². The average molecular weight is 565 g/mol. The van der Waals surface area contributed by atoms with E-state index in [9.17, 15) is 9.59 Å². The fraction of sp³-hybridized carbons (Fsp3) is 0.172. The van der Waals surface area contributed by atoms with Gasteiger partial charge in [-0.25, -0.2) is 19.6 Å². The molecule has 0 saturated carbocycles. The molecule has 0 aliphatic rings. The predicted molar refractivity (Wildman–Crippen MR) is 153 cm³/mol. The molecule has 0 radical (unpaired) electrons. The van der Waals surface area contributed by atoms with Crippen molar-refractivity contribution in [1.29, 1.82) is 0 Å². The smallest absolute Gasteiger partial charge is 0.341 e. The highest BCUT2D eigenvalue weighted by Gasteiger charge is 2.17. The van der Waals surface area contributed by atoms with Gasteiger partial charge in [-0.3, -0.25) is 0 Å². The van der Waals surface area contributed by atoms with E-state index in [0.29, 0.717) is 28.1 Å². The largest absolute Gasteiger partial charge is 0.462 e. The maximum absolute atomic E-state index is 12.7. The molecule has 39 heavy (non-hydrogen) atoms. The van der Waals surface area contributed by atoms with Crippen LogP contribution in [0.4, 0.5) is 23.0 Å². The quantitative estimate of drug-likeness (QED) is 0.153. The summed E-state index contributed by atoms with van der Waals surface area (Å²) in [5.41, 5.74) is 3.68. The van der Waals surface area contributed by atoms with Gasteiger partial charge < -0.3 is 20.1 Å². The lowest BCUT2D eigenvalue weighted by molar-refractivity contribution is 0.0397. The van der Waals surface area contributed by atoms with Crippen LogP contribution >= 0.6 is 23.2 Å². The molecule has 4 aromatic rings. The monoisotopic (exact) mass is 564 g/mol. The lowest BCUT2D eigenvalue weighted by atomic mass is 10.2. The SMILES string of the molecule is Cc1c(Cl)cccc1Nc1ncccc1C(=O)OCCCOC(=O)c1cccnc1Nc1cccc(Cl)c1C. The number of carbonyl (C=O) groups excluding carboxylic acids is 2.